The topological polar surface area (TPSA) is 75.4 Å². The van der Waals surface area contributed by atoms with Gasteiger partial charge in [-0.3, -0.25) is 9.48 Å². The number of rotatable bonds is 4. The summed E-state index contributed by atoms with van der Waals surface area (Å²) in [6.07, 6.45) is -0.181. The molecule has 0 radical (unpaired) electrons. The van der Waals surface area contributed by atoms with Crippen LogP contribution in [0.5, 0.6) is 0 Å². The molecule has 1 aliphatic heterocycles. The number of carbonyl (C=O) groups excluding carboxylic acids is 1. The number of hydrogen-bond acceptors (Lipinski definition) is 3. The summed E-state index contributed by atoms with van der Waals surface area (Å²) in [4.78, 5) is 24.8. The van der Waals surface area contributed by atoms with Gasteiger partial charge in [0.15, 0.2) is 0 Å². The number of likely N-dealkylation sites (tertiary alicyclic amines) is 1. The van der Waals surface area contributed by atoms with Crippen molar-refractivity contribution in [3.8, 4) is 0 Å². The van der Waals surface area contributed by atoms with Crippen LogP contribution in [0.4, 0.5) is 4.39 Å². The van der Waals surface area contributed by atoms with E-state index in [0.29, 0.717) is 12.1 Å². The first-order valence-corrected chi connectivity index (χ1v) is 8.10. The Labute approximate surface area is 144 Å². The van der Waals surface area contributed by atoms with E-state index in [0.717, 1.165) is 17.0 Å². The maximum Gasteiger partial charge on any atom is 0.343 e. The lowest BCUT2D eigenvalue weighted by molar-refractivity contribution is -0.149. The summed E-state index contributed by atoms with van der Waals surface area (Å²) in [7, 11) is 0. The molecule has 0 saturated carbocycles. The Balaban J connectivity index is 1.76. The lowest BCUT2D eigenvalue weighted by Gasteiger charge is -2.18. The Morgan fingerprint density at radius 2 is 2.08 bits per heavy atom. The average Bonchev–Trinajstić information content (AvgIpc) is 3.11. The van der Waals surface area contributed by atoms with Crippen LogP contribution in [0.2, 0.25) is 0 Å². The van der Waals surface area contributed by atoms with Gasteiger partial charge in [-0.15, -0.1) is 0 Å². The minimum Gasteiger partial charge on any atom is -0.479 e. The van der Waals surface area contributed by atoms with Crippen LogP contribution in [0.1, 0.15) is 33.7 Å². The van der Waals surface area contributed by atoms with Crippen molar-refractivity contribution in [3.05, 3.63) is 52.8 Å². The number of aryl methyl sites for hydroxylation is 2. The lowest BCUT2D eigenvalue weighted by Crippen LogP contribution is -2.38. The lowest BCUT2D eigenvalue weighted by atomic mass is 10.1. The monoisotopic (exact) mass is 345 g/mol. The third-order valence-corrected chi connectivity index (χ3v) is 4.50. The SMILES string of the molecule is Cc1cc(C)n(Cc2cccc(C(=O)N3CCC(F)(C(=O)O)C3)c2)n1. The van der Waals surface area contributed by atoms with Gasteiger partial charge in [0.25, 0.3) is 5.91 Å². The second-order valence-electron chi connectivity index (χ2n) is 6.53. The number of halogens is 1. The molecule has 1 aromatic heterocycles. The minimum absolute atomic E-state index is 0.101. The molecule has 6 nitrogen and oxygen atoms in total. The van der Waals surface area contributed by atoms with E-state index in [9.17, 15) is 14.0 Å². The number of benzene rings is 1. The number of hydrogen-bond donors (Lipinski definition) is 1. The Hall–Kier alpha value is -2.70. The Morgan fingerprint density at radius 3 is 2.68 bits per heavy atom. The molecule has 1 atom stereocenters. The first-order chi connectivity index (χ1) is 11.8. The molecule has 7 heteroatoms. The summed E-state index contributed by atoms with van der Waals surface area (Å²) >= 11 is 0. The summed E-state index contributed by atoms with van der Waals surface area (Å²) in [5.74, 6) is -1.86. The Kier molecular flexibility index (Phi) is 4.32. The number of carboxylic acids is 1. The van der Waals surface area contributed by atoms with E-state index in [1.807, 2.05) is 30.7 Å². The first kappa shape index (κ1) is 17.1. The van der Waals surface area contributed by atoms with Crippen molar-refractivity contribution >= 4 is 11.9 Å². The van der Waals surface area contributed by atoms with Crippen molar-refractivity contribution in [3.63, 3.8) is 0 Å². The van der Waals surface area contributed by atoms with Gasteiger partial charge in [0, 0.05) is 24.2 Å². The number of aromatic nitrogens is 2. The quantitative estimate of drug-likeness (QED) is 0.922. The molecule has 0 bridgehead atoms. The van der Waals surface area contributed by atoms with E-state index in [1.54, 1.807) is 18.2 Å². The zero-order valence-electron chi connectivity index (χ0n) is 14.2. The van der Waals surface area contributed by atoms with E-state index in [2.05, 4.69) is 5.10 Å². The van der Waals surface area contributed by atoms with Crippen LogP contribution in [0.15, 0.2) is 30.3 Å². The molecule has 1 unspecified atom stereocenters. The minimum atomic E-state index is -2.35. The molecule has 1 N–H and O–H groups in total. The maximum absolute atomic E-state index is 14.2. The van der Waals surface area contributed by atoms with Crippen LogP contribution in [0, 0.1) is 13.8 Å². The molecular formula is C18H20FN3O3. The Morgan fingerprint density at radius 1 is 1.32 bits per heavy atom. The van der Waals surface area contributed by atoms with Gasteiger partial charge in [-0.1, -0.05) is 12.1 Å². The molecule has 0 spiro atoms. The van der Waals surface area contributed by atoms with Crippen molar-refractivity contribution in [2.75, 3.05) is 13.1 Å². The number of amides is 1. The highest BCUT2D eigenvalue weighted by Crippen LogP contribution is 2.27. The second-order valence-corrected chi connectivity index (χ2v) is 6.53. The summed E-state index contributed by atoms with van der Waals surface area (Å²) in [5, 5.41) is 13.4. The van der Waals surface area contributed by atoms with E-state index < -0.39 is 18.2 Å². The molecule has 3 rings (SSSR count). The smallest absolute Gasteiger partial charge is 0.343 e. The van der Waals surface area contributed by atoms with Crippen LogP contribution in [-0.4, -0.2) is 50.4 Å². The fraction of sp³-hybridized carbons (Fsp3) is 0.389. The van der Waals surface area contributed by atoms with Gasteiger partial charge < -0.3 is 10.0 Å². The second kappa shape index (κ2) is 6.31. The molecule has 1 aromatic carbocycles. The maximum atomic E-state index is 14.2. The molecule has 132 valence electrons. The molecule has 1 saturated heterocycles. The number of carbonyl (C=O) groups is 2. The fourth-order valence-electron chi connectivity index (χ4n) is 3.11. The van der Waals surface area contributed by atoms with E-state index in [4.69, 9.17) is 5.11 Å². The van der Waals surface area contributed by atoms with Crippen LogP contribution >= 0.6 is 0 Å². The molecule has 25 heavy (non-hydrogen) atoms. The standard InChI is InChI=1S/C18H20FN3O3/c1-12-8-13(2)22(20-12)10-14-4-3-5-15(9-14)16(23)21-7-6-18(19,11-21)17(24)25/h3-5,8-9H,6-7,10-11H2,1-2H3,(H,24,25). The van der Waals surface area contributed by atoms with E-state index >= 15 is 0 Å². The number of carboxylic acid groups (broad SMARTS) is 1. The number of nitrogens with zero attached hydrogens (tertiary/aromatic N) is 3. The molecule has 1 amide bonds. The van der Waals surface area contributed by atoms with Gasteiger partial charge in [0.1, 0.15) is 0 Å². The predicted octanol–water partition coefficient (Wildman–Crippen LogP) is 2.19. The van der Waals surface area contributed by atoms with Gasteiger partial charge in [-0.25, -0.2) is 9.18 Å². The van der Waals surface area contributed by atoms with Gasteiger partial charge in [0.05, 0.1) is 18.8 Å². The van der Waals surface area contributed by atoms with Crippen LogP contribution in [0.25, 0.3) is 0 Å². The molecule has 1 fully saturated rings. The molecule has 1 aliphatic rings. The van der Waals surface area contributed by atoms with Crippen molar-refractivity contribution in [1.82, 2.24) is 14.7 Å². The van der Waals surface area contributed by atoms with Crippen LogP contribution in [0.3, 0.4) is 0 Å². The zero-order chi connectivity index (χ0) is 18.2. The highest BCUT2D eigenvalue weighted by atomic mass is 19.1. The van der Waals surface area contributed by atoms with Gasteiger partial charge in [-0.2, -0.15) is 5.10 Å². The Bertz CT molecular complexity index is 833. The third-order valence-electron chi connectivity index (χ3n) is 4.50. The zero-order valence-corrected chi connectivity index (χ0v) is 14.2. The van der Waals surface area contributed by atoms with Crippen molar-refractivity contribution in [2.24, 2.45) is 0 Å². The fourth-order valence-corrected chi connectivity index (χ4v) is 3.11. The third kappa shape index (κ3) is 3.40. The molecular weight excluding hydrogens is 325 g/mol. The molecule has 2 aromatic rings. The summed E-state index contributed by atoms with van der Waals surface area (Å²) in [5.41, 5.74) is 0.929. The van der Waals surface area contributed by atoms with Gasteiger partial charge in [0.2, 0.25) is 5.67 Å². The average molecular weight is 345 g/mol. The van der Waals surface area contributed by atoms with E-state index in [1.165, 1.54) is 4.90 Å². The normalized spacial score (nSPS) is 20.0. The summed E-state index contributed by atoms with van der Waals surface area (Å²) < 4.78 is 16.0. The summed E-state index contributed by atoms with van der Waals surface area (Å²) in [6.45, 7) is 4.10. The highest BCUT2D eigenvalue weighted by molar-refractivity contribution is 5.95. The van der Waals surface area contributed by atoms with Crippen molar-refractivity contribution < 1.29 is 19.1 Å². The van der Waals surface area contributed by atoms with Crippen molar-refractivity contribution in [1.29, 1.82) is 0 Å². The number of alkyl halides is 1. The van der Waals surface area contributed by atoms with Crippen LogP contribution in [-0.2, 0) is 11.3 Å². The van der Waals surface area contributed by atoms with Crippen LogP contribution < -0.4 is 0 Å². The van der Waals surface area contributed by atoms with Gasteiger partial charge >= 0.3 is 5.97 Å². The highest BCUT2D eigenvalue weighted by Gasteiger charge is 2.46. The van der Waals surface area contributed by atoms with E-state index in [-0.39, 0.29) is 18.9 Å². The largest absolute Gasteiger partial charge is 0.479 e. The first-order valence-electron chi connectivity index (χ1n) is 8.10. The summed E-state index contributed by atoms with van der Waals surface area (Å²) in [6, 6.07) is 9.05. The number of aliphatic carboxylic acids is 1. The van der Waals surface area contributed by atoms with Crippen molar-refractivity contribution in [2.45, 2.75) is 32.5 Å². The predicted molar refractivity (Wildman–Crippen MR) is 89.2 cm³/mol. The molecule has 2 heterocycles. The molecule has 0 aliphatic carbocycles. The van der Waals surface area contributed by atoms with Gasteiger partial charge in [-0.05, 0) is 37.6 Å².